The highest BCUT2D eigenvalue weighted by atomic mass is 16.4. The summed E-state index contributed by atoms with van der Waals surface area (Å²) < 4.78 is 0. The Morgan fingerprint density at radius 3 is 2.53 bits per heavy atom. The molecule has 1 rings (SSSR count). The van der Waals surface area contributed by atoms with Crippen LogP contribution in [0.5, 0.6) is 0 Å². The van der Waals surface area contributed by atoms with Crippen molar-refractivity contribution in [3.8, 4) is 0 Å². The normalized spacial score (nSPS) is 23.3. The predicted molar refractivity (Wildman–Crippen MR) is 55.4 cm³/mol. The van der Waals surface area contributed by atoms with Crippen molar-refractivity contribution in [3.05, 3.63) is 12.2 Å². The average molecular weight is 212 g/mol. The zero-order valence-corrected chi connectivity index (χ0v) is 9.01. The number of carbonyl (C=O) groups excluding carboxylic acids is 1. The van der Waals surface area contributed by atoms with E-state index < -0.39 is 5.97 Å². The van der Waals surface area contributed by atoms with Crippen molar-refractivity contribution in [1.29, 1.82) is 0 Å². The first-order valence-electron chi connectivity index (χ1n) is 4.91. The predicted octanol–water partition coefficient (Wildman–Crippen LogP) is -0.210. The van der Waals surface area contributed by atoms with Crippen LogP contribution in [0.25, 0.3) is 0 Å². The van der Waals surface area contributed by atoms with Crippen LogP contribution in [0.2, 0.25) is 0 Å². The molecule has 84 valence electrons. The number of carbonyl (C=O) groups is 2. The molecule has 0 aromatic carbocycles. The van der Waals surface area contributed by atoms with Gasteiger partial charge in [0.25, 0.3) is 0 Å². The van der Waals surface area contributed by atoms with E-state index in [-0.39, 0.29) is 5.91 Å². The van der Waals surface area contributed by atoms with Crippen LogP contribution in [0.1, 0.15) is 6.92 Å². The highest BCUT2D eigenvalue weighted by molar-refractivity contribution is 5.93. The zero-order valence-electron chi connectivity index (χ0n) is 9.01. The lowest BCUT2D eigenvalue weighted by Crippen LogP contribution is -2.51. The Morgan fingerprint density at radius 2 is 2.00 bits per heavy atom. The average Bonchev–Trinajstić information content (AvgIpc) is 2.18. The highest BCUT2D eigenvalue weighted by Gasteiger charge is 2.22. The van der Waals surface area contributed by atoms with E-state index in [1.54, 1.807) is 4.90 Å². The molecular weight excluding hydrogens is 196 g/mol. The van der Waals surface area contributed by atoms with E-state index in [0.29, 0.717) is 19.1 Å². The zero-order chi connectivity index (χ0) is 11.4. The van der Waals surface area contributed by atoms with Gasteiger partial charge < -0.3 is 14.9 Å². The molecule has 0 bridgehead atoms. The molecule has 0 aromatic heterocycles. The molecule has 5 nitrogen and oxygen atoms in total. The topological polar surface area (TPSA) is 60.9 Å². The van der Waals surface area contributed by atoms with Gasteiger partial charge in [0.1, 0.15) is 0 Å². The van der Waals surface area contributed by atoms with Gasteiger partial charge in [0.2, 0.25) is 5.91 Å². The molecule has 1 aliphatic rings. The van der Waals surface area contributed by atoms with Gasteiger partial charge in [0.15, 0.2) is 0 Å². The van der Waals surface area contributed by atoms with Crippen molar-refractivity contribution in [2.75, 3.05) is 26.7 Å². The SMILES string of the molecule is CC1CN(C(=O)/C=C/C(=O)O)CCN1C. The fourth-order valence-corrected chi connectivity index (χ4v) is 1.50. The van der Waals surface area contributed by atoms with E-state index in [1.807, 2.05) is 14.0 Å². The Hall–Kier alpha value is -1.36. The molecule has 0 radical (unpaired) electrons. The van der Waals surface area contributed by atoms with Crippen molar-refractivity contribution in [3.63, 3.8) is 0 Å². The molecule has 1 aliphatic heterocycles. The van der Waals surface area contributed by atoms with E-state index in [4.69, 9.17) is 5.11 Å². The van der Waals surface area contributed by atoms with Crippen molar-refractivity contribution in [1.82, 2.24) is 9.80 Å². The van der Waals surface area contributed by atoms with E-state index in [1.165, 1.54) is 0 Å². The second kappa shape index (κ2) is 4.93. The number of hydrogen-bond acceptors (Lipinski definition) is 3. The second-order valence-electron chi connectivity index (χ2n) is 3.79. The first kappa shape index (κ1) is 11.7. The molecule has 1 heterocycles. The van der Waals surface area contributed by atoms with Gasteiger partial charge in [0, 0.05) is 37.8 Å². The van der Waals surface area contributed by atoms with E-state index in [9.17, 15) is 9.59 Å². The van der Waals surface area contributed by atoms with Crippen molar-refractivity contribution in [2.24, 2.45) is 0 Å². The summed E-state index contributed by atoms with van der Waals surface area (Å²) in [4.78, 5) is 25.6. The fourth-order valence-electron chi connectivity index (χ4n) is 1.50. The van der Waals surface area contributed by atoms with Crippen molar-refractivity contribution >= 4 is 11.9 Å². The standard InChI is InChI=1S/C10H16N2O3/c1-8-7-12(6-5-11(8)2)9(13)3-4-10(14)15/h3-4,8H,5-7H2,1-2H3,(H,14,15)/b4-3+. The van der Waals surface area contributed by atoms with Crippen LogP contribution in [0.4, 0.5) is 0 Å². The fraction of sp³-hybridized carbons (Fsp3) is 0.600. The lowest BCUT2D eigenvalue weighted by atomic mass is 10.2. The number of carboxylic acid groups (broad SMARTS) is 1. The van der Waals surface area contributed by atoms with Gasteiger partial charge in [-0.3, -0.25) is 4.79 Å². The maximum Gasteiger partial charge on any atom is 0.328 e. The molecule has 1 N–H and O–H groups in total. The van der Waals surface area contributed by atoms with Gasteiger partial charge >= 0.3 is 5.97 Å². The Labute approximate surface area is 89.0 Å². The Balaban J connectivity index is 2.51. The molecule has 1 unspecified atom stereocenters. The number of aliphatic carboxylic acids is 1. The van der Waals surface area contributed by atoms with Gasteiger partial charge in [-0.15, -0.1) is 0 Å². The molecule has 1 saturated heterocycles. The second-order valence-corrected chi connectivity index (χ2v) is 3.79. The minimum absolute atomic E-state index is 0.225. The molecule has 1 fully saturated rings. The number of piperazine rings is 1. The monoisotopic (exact) mass is 212 g/mol. The summed E-state index contributed by atoms with van der Waals surface area (Å²) in [6, 6.07) is 0.320. The molecule has 15 heavy (non-hydrogen) atoms. The third-order valence-electron chi connectivity index (χ3n) is 2.64. The number of amides is 1. The van der Waals surface area contributed by atoms with Crippen molar-refractivity contribution in [2.45, 2.75) is 13.0 Å². The number of rotatable bonds is 2. The summed E-state index contributed by atoms with van der Waals surface area (Å²) in [5.41, 5.74) is 0. The van der Waals surface area contributed by atoms with Crippen LogP contribution in [0.15, 0.2) is 12.2 Å². The first-order chi connectivity index (χ1) is 7.00. The van der Waals surface area contributed by atoms with E-state index in [2.05, 4.69) is 4.90 Å². The Bertz CT molecular complexity index is 288. The summed E-state index contributed by atoms with van der Waals surface area (Å²) >= 11 is 0. The summed E-state index contributed by atoms with van der Waals surface area (Å²) in [7, 11) is 2.01. The molecular formula is C10H16N2O3. The van der Waals surface area contributed by atoms with Crippen LogP contribution in [-0.4, -0.2) is 59.5 Å². The first-order valence-corrected chi connectivity index (χ1v) is 4.91. The maximum atomic E-state index is 11.5. The van der Waals surface area contributed by atoms with Gasteiger partial charge in [-0.25, -0.2) is 4.79 Å². The summed E-state index contributed by atoms with van der Waals surface area (Å²) in [5, 5.41) is 8.39. The van der Waals surface area contributed by atoms with Crippen LogP contribution >= 0.6 is 0 Å². The van der Waals surface area contributed by atoms with Gasteiger partial charge in [-0.1, -0.05) is 0 Å². The van der Waals surface area contributed by atoms with E-state index in [0.717, 1.165) is 18.7 Å². The molecule has 0 saturated carbocycles. The molecule has 0 aliphatic carbocycles. The van der Waals surface area contributed by atoms with Gasteiger partial charge in [0.05, 0.1) is 0 Å². The maximum absolute atomic E-state index is 11.5. The Kier molecular flexibility index (Phi) is 3.85. The minimum atomic E-state index is -1.09. The third-order valence-corrected chi connectivity index (χ3v) is 2.64. The number of hydrogen-bond donors (Lipinski definition) is 1. The summed E-state index contributed by atoms with van der Waals surface area (Å²) in [6.45, 7) is 4.18. The van der Waals surface area contributed by atoms with E-state index >= 15 is 0 Å². The lowest BCUT2D eigenvalue weighted by Gasteiger charge is -2.37. The Morgan fingerprint density at radius 1 is 1.33 bits per heavy atom. The number of carboxylic acids is 1. The van der Waals surface area contributed by atoms with Gasteiger partial charge in [-0.05, 0) is 14.0 Å². The van der Waals surface area contributed by atoms with Crippen LogP contribution in [0, 0.1) is 0 Å². The molecule has 1 amide bonds. The van der Waals surface area contributed by atoms with Crippen LogP contribution in [-0.2, 0) is 9.59 Å². The summed E-state index contributed by atoms with van der Waals surface area (Å²) in [6.07, 6.45) is 1.99. The number of likely N-dealkylation sites (N-methyl/N-ethyl adjacent to an activating group) is 1. The van der Waals surface area contributed by atoms with Gasteiger partial charge in [-0.2, -0.15) is 0 Å². The van der Waals surface area contributed by atoms with Crippen LogP contribution in [0.3, 0.4) is 0 Å². The quantitative estimate of drug-likeness (QED) is 0.643. The molecule has 0 aromatic rings. The molecule has 5 heteroatoms. The smallest absolute Gasteiger partial charge is 0.328 e. The van der Waals surface area contributed by atoms with Crippen molar-refractivity contribution < 1.29 is 14.7 Å². The molecule has 1 atom stereocenters. The summed E-state index contributed by atoms with van der Waals surface area (Å²) in [5.74, 6) is -1.32. The minimum Gasteiger partial charge on any atom is -0.478 e. The molecule has 0 spiro atoms. The highest BCUT2D eigenvalue weighted by Crippen LogP contribution is 2.07. The number of nitrogens with zero attached hydrogens (tertiary/aromatic N) is 2. The largest absolute Gasteiger partial charge is 0.478 e. The lowest BCUT2D eigenvalue weighted by molar-refractivity contribution is -0.132. The third kappa shape index (κ3) is 3.36. The van der Waals surface area contributed by atoms with Crippen LogP contribution < -0.4 is 0 Å².